The van der Waals surface area contributed by atoms with Gasteiger partial charge in [0.25, 0.3) is 5.91 Å². The zero-order chi connectivity index (χ0) is 24.2. The van der Waals surface area contributed by atoms with E-state index in [-0.39, 0.29) is 30.8 Å². The minimum Gasteiger partial charge on any atom is -0.368 e. The average Bonchev–Trinajstić information content (AvgIpc) is 3.29. The molecule has 0 aliphatic carbocycles. The molecule has 2 amide bonds. The van der Waals surface area contributed by atoms with Crippen molar-refractivity contribution in [2.75, 3.05) is 29.6 Å². The lowest BCUT2D eigenvalue weighted by molar-refractivity contribution is -0.129. The highest BCUT2D eigenvalue weighted by Crippen LogP contribution is 2.36. The lowest BCUT2D eigenvalue weighted by atomic mass is 9.84. The van der Waals surface area contributed by atoms with Crippen molar-refractivity contribution in [3.63, 3.8) is 0 Å². The lowest BCUT2D eigenvalue weighted by Crippen LogP contribution is -2.52. The molecular weight excluding hydrogens is 460 g/mol. The van der Waals surface area contributed by atoms with Crippen LogP contribution in [0.15, 0.2) is 30.5 Å². The number of hydrogen-bond acceptors (Lipinski definition) is 6. The molecule has 1 aromatic heterocycles. The molecule has 7 nitrogen and oxygen atoms in total. The molecule has 180 valence electrons. The number of rotatable bonds is 8. The number of pyridine rings is 1. The summed E-state index contributed by atoms with van der Waals surface area (Å²) in [7, 11) is 0. The number of anilines is 1. The molecule has 1 N–H and O–H groups in total. The maximum atomic E-state index is 13.0. The van der Waals surface area contributed by atoms with Gasteiger partial charge < -0.3 is 15.1 Å². The Bertz CT molecular complexity index is 1110. The van der Waals surface area contributed by atoms with E-state index >= 15 is 0 Å². The van der Waals surface area contributed by atoms with Gasteiger partial charge in [-0.1, -0.05) is 13.3 Å². The quantitative estimate of drug-likeness (QED) is 0.612. The molecule has 2 aromatic rings. The fourth-order valence-corrected chi connectivity index (χ4v) is 5.81. The third kappa shape index (κ3) is 4.94. The van der Waals surface area contributed by atoms with E-state index in [1.165, 1.54) is 16.7 Å². The standard InChI is InChI=1S/C24H27F2N5O2S/c1-2-15(9-22(25)26)21-6-8-30(21)16-3-4-20-19(10-16)18(5-7-28-20)24(33)29-12-23(32)31-14-34-13-17(31)11-27/h3-5,7,10,15,17,21-22H,2,6,8-9,12-14H2,1H3,(H,29,33)/t15?,17?,21-/m1/s1. The minimum atomic E-state index is -2.33. The molecule has 1 aromatic carbocycles. The first-order chi connectivity index (χ1) is 16.4. The second-order valence-corrected chi connectivity index (χ2v) is 9.60. The Kier molecular flexibility index (Phi) is 7.51. The summed E-state index contributed by atoms with van der Waals surface area (Å²) in [6, 6.07) is 8.91. The van der Waals surface area contributed by atoms with Gasteiger partial charge in [-0.25, -0.2) is 8.78 Å². The van der Waals surface area contributed by atoms with Gasteiger partial charge in [0.05, 0.1) is 29.6 Å². The van der Waals surface area contributed by atoms with Gasteiger partial charge in [0, 0.05) is 42.0 Å². The Morgan fingerprint density at radius 1 is 1.35 bits per heavy atom. The molecule has 3 heterocycles. The van der Waals surface area contributed by atoms with Crippen LogP contribution in [0.25, 0.3) is 10.9 Å². The molecule has 0 bridgehead atoms. The van der Waals surface area contributed by atoms with Crippen LogP contribution in [0.4, 0.5) is 14.5 Å². The number of amides is 2. The summed E-state index contributed by atoms with van der Waals surface area (Å²) in [4.78, 5) is 33.4. The van der Waals surface area contributed by atoms with Gasteiger partial charge in [-0.3, -0.25) is 14.6 Å². The average molecular weight is 488 g/mol. The Morgan fingerprint density at radius 2 is 2.18 bits per heavy atom. The number of benzene rings is 1. The van der Waals surface area contributed by atoms with Gasteiger partial charge in [0.2, 0.25) is 12.3 Å². The van der Waals surface area contributed by atoms with E-state index in [1.54, 1.807) is 12.3 Å². The van der Waals surface area contributed by atoms with E-state index < -0.39 is 18.4 Å². The summed E-state index contributed by atoms with van der Waals surface area (Å²) in [5.74, 6) is 0.227. The van der Waals surface area contributed by atoms with Crippen molar-refractivity contribution in [1.82, 2.24) is 15.2 Å². The number of nitrogens with one attached hydrogen (secondary N) is 1. The smallest absolute Gasteiger partial charge is 0.252 e. The minimum absolute atomic E-state index is 0.0504. The first-order valence-corrected chi connectivity index (χ1v) is 12.6. The third-order valence-corrected chi connectivity index (χ3v) is 7.68. The summed E-state index contributed by atoms with van der Waals surface area (Å²) < 4.78 is 26.1. The van der Waals surface area contributed by atoms with Crippen LogP contribution in [-0.2, 0) is 4.79 Å². The number of aromatic nitrogens is 1. The summed E-state index contributed by atoms with van der Waals surface area (Å²) in [6.45, 7) is 2.53. The molecule has 2 aliphatic rings. The summed E-state index contributed by atoms with van der Waals surface area (Å²) in [5, 5.41) is 12.5. The van der Waals surface area contributed by atoms with Crippen molar-refractivity contribution in [1.29, 1.82) is 5.26 Å². The van der Waals surface area contributed by atoms with Gasteiger partial charge in [0.15, 0.2) is 0 Å². The van der Waals surface area contributed by atoms with Crippen molar-refractivity contribution < 1.29 is 18.4 Å². The number of hydrogen-bond donors (Lipinski definition) is 1. The van der Waals surface area contributed by atoms with Crippen LogP contribution in [0.3, 0.4) is 0 Å². The van der Waals surface area contributed by atoms with Crippen LogP contribution < -0.4 is 10.2 Å². The lowest BCUT2D eigenvalue weighted by Gasteiger charge is -2.47. The van der Waals surface area contributed by atoms with Crippen molar-refractivity contribution >= 4 is 40.2 Å². The number of thioether (sulfide) groups is 1. The fourth-order valence-electron chi connectivity index (χ4n) is 4.70. The molecule has 2 fully saturated rings. The van der Waals surface area contributed by atoms with E-state index in [0.29, 0.717) is 34.5 Å². The number of nitriles is 1. The van der Waals surface area contributed by atoms with E-state index in [9.17, 15) is 23.6 Å². The molecule has 0 spiro atoms. The molecule has 2 saturated heterocycles. The highest BCUT2D eigenvalue weighted by Gasteiger charge is 2.35. The van der Waals surface area contributed by atoms with Crippen LogP contribution in [0.2, 0.25) is 0 Å². The molecule has 3 atom stereocenters. The van der Waals surface area contributed by atoms with E-state index in [2.05, 4.69) is 21.3 Å². The molecule has 0 saturated carbocycles. The number of carbonyl (C=O) groups is 2. The Balaban J connectivity index is 1.50. The van der Waals surface area contributed by atoms with Gasteiger partial charge in [0.1, 0.15) is 6.04 Å². The van der Waals surface area contributed by atoms with Crippen molar-refractivity contribution in [2.45, 2.75) is 44.7 Å². The monoisotopic (exact) mass is 487 g/mol. The summed E-state index contributed by atoms with van der Waals surface area (Å²) in [5.41, 5.74) is 1.91. The zero-order valence-corrected chi connectivity index (χ0v) is 19.7. The normalized spacial score (nSPS) is 20.8. The molecule has 34 heavy (non-hydrogen) atoms. The predicted octanol–water partition coefficient (Wildman–Crippen LogP) is 3.65. The van der Waals surface area contributed by atoms with E-state index in [0.717, 1.165) is 18.7 Å². The Morgan fingerprint density at radius 3 is 2.85 bits per heavy atom. The van der Waals surface area contributed by atoms with Crippen LogP contribution in [0.5, 0.6) is 0 Å². The van der Waals surface area contributed by atoms with Crippen LogP contribution >= 0.6 is 11.8 Å². The number of nitrogens with zero attached hydrogens (tertiary/aromatic N) is 4. The number of alkyl halides is 2. The maximum absolute atomic E-state index is 13.0. The van der Waals surface area contributed by atoms with Gasteiger partial charge in [-0.05, 0) is 36.6 Å². The maximum Gasteiger partial charge on any atom is 0.252 e. The summed E-state index contributed by atoms with van der Waals surface area (Å²) in [6.07, 6.45) is 0.656. The second kappa shape index (κ2) is 10.6. The number of fused-ring (bicyclic) bond motifs is 1. The first-order valence-electron chi connectivity index (χ1n) is 11.4. The fraction of sp³-hybridized carbons (Fsp3) is 0.500. The van der Waals surface area contributed by atoms with Crippen LogP contribution in [-0.4, -0.2) is 64.9 Å². The van der Waals surface area contributed by atoms with Crippen molar-refractivity contribution in [3.8, 4) is 6.07 Å². The first kappa shape index (κ1) is 24.2. The zero-order valence-electron chi connectivity index (χ0n) is 18.9. The third-order valence-electron chi connectivity index (χ3n) is 6.67. The molecule has 2 aliphatic heterocycles. The van der Waals surface area contributed by atoms with E-state index in [4.69, 9.17) is 0 Å². The van der Waals surface area contributed by atoms with Crippen molar-refractivity contribution in [3.05, 3.63) is 36.0 Å². The number of carbonyl (C=O) groups excluding carboxylic acids is 2. The van der Waals surface area contributed by atoms with Gasteiger partial charge in [-0.2, -0.15) is 5.26 Å². The molecule has 4 rings (SSSR count). The predicted molar refractivity (Wildman–Crippen MR) is 128 cm³/mol. The molecular formula is C24H27F2N5O2S. The Labute approximate surface area is 201 Å². The largest absolute Gasteiger partial charge is 0.368 e. The Hall–Kier alpha value is -2.93. The topological polar surface area (TPSA) is 89.3 Å². The number of halogens is 2. The highest BCUT2D eigenvalue weighted by atomic mass is 32.2. The SMILES string of the molecule is CCC(CC(F)F)[C@H]1CCN1c1ccc2nccc(C(=O)NCC(=O)N3CSCC3C#N)c2c1. The molecule has 10 heteroatoms. The molecule has 2 unspecified atom stereocenters. The van der Waals surface area contributed by atoms with E-state index in [1.807, 2.05) is 25.1 Å². The summed E-state index contributed by atoms with van der Waals surface area (Å²) >= 11 is 1.51. The van der Waals surface area contributed by atoms with Gasteiger partial charge in [-0.15, -0.1) is 11.8 Å². The van der Waals surface area contributed by atoms with Crippen molar-refractivity contribution in [2.24, 2.45) is 5.92 Å². The van der Waals surface area contributed by atoms with Crippen LogP contribution in [0, 0.1) is 17.2 Å². The second-order valence-electron chi connectivity index (χ2n) is 8.60. The highest BCUT2D eigenvalue weighted by molar-refractivity contribution is 7.99. The molecule has 0 radical (unpaired) electrons. The van der Waals surface area contributed by atoms with Crippen LogP contribution in [0.1, 0.15) is 36.5 Å². The van der Waals surface area contributed by atoms with Gasteiger partial charge >= 0.3 is 0 Å².